The summed E-state index contributed by atoms with van der Waals surface area (Å²) in [5, 5.41) is 4.09. The van der Waals surface area contributed by atoms with Crippen LogP contribution in [0.1, 0.15) is 5.56 Å². The number of para-hydroxylation sites is 1. The lowest BCUT2D eigenvalue weighted by Gasteiger charge is -2.09. The van der Waals surface area contributed by atoms with Gasteiger partial charge in [0.25, 0.3) is 0 Å². The number of hydrogen-bond donors (Lipinski definition) is 1. The molecule has 27 heavy (non-hydrogen) atoms. The summed E-state index contributed by atoms with van der Waals surface area (Å²) in [6.07, 6.45) is 3.62. The number of carbonyl (C=O) groups is 1. The number of nitrogens with zero attached hydrogens (tertiary/aromatic N) is 2. The van der Waals surface area contributed by atoms with E-state index in [2.05, 4.69) is 10.3 Å². The van der Waals surface area contributed by atoms with Gasteiger partial charge in [-0.2, -0.15) is 0 Å². The van der Waals surface area contributed by atoms with Gasteiger partial charge in [-0.3, -0.25) is 4.79 Å². The molecule has 4 rings (SSSR count). The van der Waals surface area contributed by atoms with Crippen LogP contribution in [-0.2, 0) is 17.9 Å². The molecule has 5 nitrogen and oxygen atoms in total. The molecule has 1 N–H and O–H groups in total. The summed E-state index contributed by atoms with van der Waals surface area (Å²) in [4.78, 5) is 16.5. The van der Waals surface area contributed by atoms with Gasteiger partial charge in [0.05, 0.1) is 0 Å². The van der Waals surface area contributed by atoms with Gasteiger partial charge >= 0.3 is 0 Å². The van der Waals surface area contributed by atoms with E-state index in [0.29, 0.717) is 18.2 Å². The fraction of sp³-hybridized carbons (Fsp3) is 0.0909. The first-order valence-electron chi connectivity index (χ1n) is 8.76. The second kappa shape index (κ2) is 7.74. The van der Waals surface area contributed by atoms with Crippen molar-refractivity contribution in [1.82, 2.24) is 14.9 Å². The molecule has 2 aromatic carbocycles. The van der Waals surface area contributed by atoms with Crippen molar-refractivity contribution in [2.24, 2.45) is 0 Å². The molecule has 1 amide bonds. The van der Waals surface area contributed by atoms with Crippen LogP contribution in [0.15, 0.2) is 85.2 Å². The fourth-order valence-corrected chi connectivity index (χ4v) is 2.94. The van der Waals surface area contributed by atoms with Gasteiger partial charge in [-0.25, -0.2) is 4.98 Å². The molecule has 5 heteroatoms. The van der Waals surface area contributed by atoms with Crippen LogP contribution in [0.2, 0.25) is 0 Å². The SMILES string of the molecule is O=C(Cn1ccc2ccccc21)NCc1cccc(Oc2ccccn2)c1. The van der Waals surface area contributed by atoms with Crippen LogP contribution in [0.5, 0.6) is 11.6 Å². The van der Waals surface area contributed by atoms with Crippen molar-refractivity contribution < 1.29 is 9.53 Å². The zero-order valence-corrected chi connectivity index (χ0v) is 14.7. The fourth-order valence-electron chi connectivity index (χ4n) is 2.94. The van der Waals surface area contributed by atoms with Gasteiger partial charge in [0.2, 0.25) is 11.8 Å². The maximum Gasteiger partial charge on any atom is 0.240 e. The Labute approximate surface area is 157 Å². The molecule has 4 aromatic rings. The topological polar surface area (TPSA) is 56.2 Å². The van der Waals surface area contributed by atoms with Crippen LogP contribution in [0.4, 0.5) is 0 Å². The second-order valence-corrected chi connectivity index (χ2v) is 6.20. The average Bonchev–Trinajstić information content (AvgIpc) is 3.10. The molecule has 0 fully saturated rings. The highest BCUT2D eigenvalue weighted by Gasteiger charge is 2.06. The Kier molecular flexibility index (Phi) is 4.83. The zero-order valence-electron chi connectivity index (χ0n) is 14.7. The number of aromatic nitrogens is 2. The molecular weight excluding hydrogens is 338 g/mol. The van der Waals surface area contributed by atoms with Crippen molar-refractivity contribution in [2.45, 2.75) is 13.1 Å². The van der Waals surface area contributed by atoms with Crippen molar-refractivity contribution in [3.8, 4) is 11.6 Å². The van der Waals surface area contributed by atoms with Crippen LogP contribution in [-0.4, -0.2) is 15.5 Å². The first-order chi connectivity index (χ1) is 13.3. The Morgan fingerprint density at radius 2 is 1.89 bits per heavy atom. The number of amides is 1. The minimum Gasteiger partial charge on any atom is -0.439 e. The van der Waals surface area contributed by atoms with Crippen molar-refractivity contribution in [1.29, 1.82) is 0 Å². The quantitative estimate of drug-likeness (QED) is 0.564. The van der Waals surface area contributed by atoms with E-state index >= 15 is 0 Å². The predicted molar refractivity (Wildman–Crippen MR) is 105 cm³/mol. The number of pyridine rings is 1. The summed E-state index contributed by atoms with van der Waals surface area (Å²) in [7, 11) is 0. The molecule has 0 unspecified atom stereocenters. The zero-order chi connectivity index (χ0) is 18.5. The molecule has 0 aliphatic rings. The number of fused-ring (bicyclic) bond motifs is 1. The van der Waals surface area contributed by atoms with E-state index in [1.807, 2.05) is 77.5 Å². The molecule has 0 aliphatic carbocycles. The predicted octanol–water partition coefficient (Wildman–Crippen LogP) is 4.15. The van der Waals surface area contributed by atoms with Gasteiger partial charge in [0.1, 0.15) is 12.3 Å². The highest BCUT2D eigenvalue weighted by atomic mass is 16.5. The summed E-state index contributed by atoms with van der Waals surface area (Å²) in [6, 6.07) is 23.2. The van der Waals surface area contributed by atoms with Gasteiger partial charge in [-0.05, 0) is 41.3 Å². The summed E-state index contributed by atoms with van der Waals surface area (Å²) in [5.74, 6) is 1.20. The first kappa shape index (κ1) is 16.8. The molecule has 0 radical (unpaired) electrons. The summed E-state index contributed by atoms with van der Waals surface area (Å²) < 4.78 is 7.68. The largest absolute Gasteiger partial charge is 0.439 e. The molecule has 0 aliphatic heterocycles. The van der Waals surface area contributed by atoms with E-state index in [1.165, 1.54) is 0 Å². The molecular formula is C22H19N3O2. The van der Waals surface area contributed by atoms with Gasteiger partial charge in [0, 0.05) is 30.5 Å². The first-order valence-corrected chi connectivity index (χ1v) is 8.76. The monoisotopic (exact) mass is 357 g/mol. The third-order valence-electron chi connectivity index (χ3n) is 4.24. The summed E-state index contributed by atoms with van der Waals surface area (Å²) >= 11 is 0. The average molecular weight is 357 g/mol. The second-order valence-electron chi connectivity index (χ2n) is 6.20. The Bertz CT molecular complexity index is 1060. The van der Waals surface area contributed by atoms with Crippen molar-refractivity contribution in [3.05, 3.63) is 90.8 Å². The number of ether oxygens (including phenoxy) is 1. The van der Waals surface area contributed by atoms with E-state index in [4.69, 9.17) is 4.74 Å². The summed E-state index contributed by atoms with van der Waals surface area (Å²) in [6.45, 7) is 0.731. The molecule has 0 spiro atoms. The normalized spacial score (nSPS) is 10.7. The number of nitrogens with one attached hydrogen (secondary N) is 1. The third kappa shape index (κ3) is 4.15. The molecule has 2 heterocycles. The number of carbonyl (C=O) groups excluding carboxylic acids is 1. The van der Waals surface area contributed by atoms with Crippen molar-refractivity contribution >= 4 is 16.8 Å². The number of hydrogen-bond acceptors (Lipinski definition) is 3. The van der Waals surface area contributed by atoms with Crippen LogP contribution < -0.4 is 10.1 Å². The van der Waals surface area contributed by atoms with Crippen LogP contribution >= 0.6 is 0 Å². The van der Waals surface area contributed by atoms with E-state index in [-0.39, 0.29) is 12.5 Å². The highest BCUT2D eigenvalue weighted by Crippen LogP contribution is 2.20. The Balaban J connectivity index is 1.37. The minimum absolute atomic E-state index is 0.0348. The number of benzene rings is 2. The highest BCUT2D eigenvalue weighted by molar-refractivity contribution is 5.83. The Morgan fingerprint density at radius 1 is 1.00 bits per heavy atom. The van der Waals surface area contributed by atoms with E-state index in [9.17, 15) is 4.79 Å². The van der Waals surface area contributed by atoms with Crippen LogP contribution in [0.25, 0.3) is 10.9 Å². The van der Waals surface area contributed by atoms with Crippen LogP contribution in [0, 0.1) is 0 Å². The lowest BCUT2D eigenvalue weighted by molar-refractivity contribution is -0.121. The van der Waals surface area contributed by atoms with Crippen molar-refractivity contribution in [2.75, 3.05) is 0 Å². The standard InChI is InChI=1S/C22H19N3O2/c26-21(16-25-13-11-18-7-1-2-9-20(18)25)24-15-17-6-5-8-19(14-17)27-22-10-3-4-12-23-22/h1-14H,15-16H2,(H,24,26). The lowest BCUT2D eigenvalue weighted by atomic mass is 10.2. The van der Waals surface area contributed by atoms with Gasteiger partial charge in [-0.15, -0.1) is 0 Å². The molecule has 0 bridgehead atoms. The molecule has 134 valence electrons. The Hall–Kier alpha value is -3.60. The lowest BCUT2D eigenvalue weighted by Crippen LogP contribution is -2.26. The van der Waals surface area contributed by atoms with E-state index in [1.54, 1.807) is 12.3 Å². The maximum absolute atomic E-state index is 12.3. The van der Waals surface area contributed by atoms with Gasteiger partial charge < -0.3 is 14.6 Å². The van der Waals surface area contributed by atoms with Crippen LogP contribution in [0.3, 0.4) is 0 Å². The number of rotatable bonds is 6. The van der Waals surface area contributed by atoms with E-state index < -0.39 is 0 Å². The molecule has 0 atom stereocenters. The van der Waals surface area contributed by atoms with Gasteiger partial charge in [-0.1, -0.05) is 36.4 Å². The molecule has 2 aromatic heterocycles. The van der Waals surface area contributed by atoms with Gasteiger partial charge in [0.15, 0.2) is 0 Å². The Morgan fingerprint density at radius 3 is 2.78 bits per heavy atom. The molecule has 0 saturated carbocycles. The minimum atomic E-state index is -0.0348. The maximum atomic E-state index is 12.3. The smallest absolute Gasteiger partial charge is 0.240 e. The van der Waals surface area contributed by atoms with Crippen molar-refractivity contribution in [3.63, 3.8) is 0 Å². The molecule has 0 saturated heterocycles. The van der Waals surface area contributed by atoms with E-state index in [0.717, 1.165) is 16.5 Å². The summed E-state index contributed by atoms with van der Waals surface area (Å²) in [5.41, 5.74) is 2.02. The third-order valence-corrected chi connectivity index (χ3v) is 4.24.